The van der Waals surface area contributed by atoms with Gasteiger partial charge in [-0.25, -0.2) is 9.18 Å². The smallest absolute Gasteiger partial charge is 0.449 e. The second-order valence-electron chi connectivity index (χ2n) is 7.57. The van der Waals surface area contributed by atoms with Gasteiger partial charge in [0.2, 0.25) is 11.2 Å². The molecule has 4 rings (SSSR count). The van der Waals surface area contributed by atoms with Crippen molar-refractivity contribution in [3.63, 3.8) is 0 Å². The maximum absolute atomic E-state index is 13.8. The Morgan fingerprint density at radius 1 is 0.912 bits per heavy atom. The fourth-order valence-electron chi connectivity index (χ4n) is 3.39. The van der Waals surface area contributed by atoms with Crippen molar-refractivity contribution in [1.82, 2.24) is 0 Å². The van der Waals surface area contributed by atoms with E-state index >= 15 is 0 Å². The van der Waals surface area contributed by atoms with Crippen molar-refractivity contribution in [3.05, 3.63) is 99.2 Å². The summed E-state index contributed by atoms with van der Waals surface area (Å²) in [6.07, 6.45) is -5.05. The highest BCUT2D eigenvalue weighted by Gasteiger charge is 2.40. The average Bonchev–Trinajstić information content (AvgIpc) is 2.74. The van der Waals surface area contributed by atoms with Gasteiger partial charge in [0.05, 0.1) is 10.9 Å². The summed E-state index contributed by atoms with van der Waals surface area (Å²) < 4.78 is 70.1. The third kappa shape index (κ3) is 4.78. The number of carbonyl (C=O) groups excluding carboxylic acids is 1. The molecular formula is C25H16F4O5. The molecule has 0 amide bonds. The molecule has 3 aromatic carbocycles. The van der Waals surface area contributed by atoms with E-state index in [-0.39, 0.29) is 22.4 Å². The minimum absolute atomic E-state index is 0.0512. The average molecular weight is 472 g/mol. The molecule has 0 aliphatic rings. The van der Waals surface area contributed by atoms with Crippen molar-refractivity contribution in [2.24, 2.45) is 0 Å². The van der Waals surface area contributed by atoms with E-state index in [2.05, 4.69) is 0 Å². The number of carbonyl (C=O) groups is 1. The molecule has 4 aromatic rings. The van der Waals surface area contributed by atoms with Crippen molar-refractivity contribution in [3.8, 4) is 17.2 Å². The number of hydrogen-bond donors (Lipinski definition) is 0. The van der Waals surface area contributed by atoms with Gasteiger partial charge in [-0.2, -0.15) is 13.2 Å². The predicted molar refractivity (Wildman–Crippen MR) is 115 cm³/mol. The summed E-state index contributed by atoms with van der Waals surface area (Å²) in [6.45, 7) is 3.47. The van der Waals surface area contributed by atoms with E-state index in [0.29, 0.717) is 0 Å². The quantitative estimate of drug-likeness (QED) is 0.191. The lowest BCUT2D eigenvalue weighted by Crippen LogP contribution is -2.15. The molecule has 0 aliphatic carbocycles. The van der Waals surface area contributed by atoms with Crippen LogP contribution in [0.2, 0.25) is 0 Å². The Morgan fingerprint density at radius 2 is 1.62 bits per heavy atom. The van der Waals surface area contributed by atoms with Crippen LogP contribution in [0.5, 0.6) is 17.2 Å². The molecule has 0 saturated heterocycles. The van der Waals surface area contributed by atoms with Crippen molar-refractivity contribution in [2.45, 2.75) is 20.0 Å². The third-order valence-electron chi connectivity index (χ3n) is 4.77. The van der Waals surface area contributed by atoms with E-state index in [9.17, 15) is 27.2 Å². The first-order chi connectivity index (χ1) is 16.0. The van der Waals surface area contributed by atoms with E-state index in [1.165, 1.54) is 30.3 Å². The summed E-state index contributed by atoms with van der Waals surface area (Å²) in [7, 11) is 0. The van der Waals surface area contributed by atoms with Gasteiger partial charge in [-0.1, -0.05) is 12.1 Å². The summed E-state index contributed by atoms with van der Waals surface area (Å²) >= 11 is 0. The molecule has 0 unspecified atom stereocenters. The molecule has 0 fully saturated rings. The Hall–Kier alpha value is -4.14. The zero-order chi connectivity index (χ0) is 24.6. The van der Waals surface area contributed by atoms with Crippen LogP contribution >= 0.6 is 0 Å². The summed E-state index contributed by atoms with van der Waals surface area (Å²) in [5.74, 6) is -4.37. The molecule has 34 heavy (non-hydrogen) atoms. The highest BCUT2D eigenvalue weighted by atomic mass is 19.4. The molecule has 0 radical (unpaired) electrons. The normalized spacial score (nSPS) is 11.5. The van der Waals surface area contributed by atoms with Crippen molar-refractivity contribution in [1.29, 1.82) is 0 Å². The van der Waals surface area contributed by atoms with E-state index in [1.807, 2.05) is 0 Å². The zero-order valence-corrected chi connectivity index (χ0v) is 17.8. The van der Waals surface area contributed by atoms with E-state index in [0.717, 1.165) is 35.4 Å². The SMILES string of the molecule is Cc1cc(C)cc(Oc2c(C(F)(F)F)oc3cc(OC(=O)c4cccc(F)c4)ccc3c2=O)c1. The number of halogens is 4. The van der Waals surface area contributed by atoms with E-state index in [4.69, 9.17) is 13.9 Å². The van der Waals surface area contributed by atoms with Crippen LogP contribution in [0.4, 0.5) is 17.6 Å². The number of fused-ring (bicyclic) bond motifs is 1. The molecule has 0 saturated carbocycles. The molecule has 174 valence electrons. The topological polar surface area (TPSA) is 65.7 Å². The molecule has 1 aromatic heterocycles. The van der Waals surface area contributed by atoms with Crippen LogP contribution in [-0.4, -0.2) is 5.97 Å². The van der Waals surface area contributed by atoms with Gasteiger partial charge in [0, 0.05) is 6.07 Å². The number of esters is 1. The van der Waals surface area contributed by atoms with Crippen molar-refractivity contribution >= 4 is 16.9 Å². The Balaban J connectivity index is 1.77. The summed E-state index contributed by atoms with van der Waals surface area (Å²) in [4.78, 5) is 25.2. The van der Waals surface area contributed by atoms with E-state index < -0.39 is 40.5 Å². The van der Waals surface area contributed by atoms with Gasteiger partial charge in [0.15, 0.2) is 0 Å². The maximum Gasteiger partial charge on any atom is 0.453 e. The Morgan fingerprint density at radius 3 is 2.26 bits per heavy atom. The molecule has 0 spiro atoms. The first-order valence-electron chi connectivity index (χ1n) is 9.93. The standard InChI is InChI=1S/C25H16F4O5/c1-13-8-14(2)10-18(9-13)32-22-21(30)19-7-6-17(12-20(19)34-23(22)25(27,28)29)33-24(31)15-4-3-5-16(26)11-15/h3-12H,1-2H3. The molecule has 0 atom stereocenters. The second kappa shape index (κ2) is 8.66. The van der Waals surface area contributed by atoms with Gasteiger partial charge in [-0.3, -0.25) is 4.79 Å². The molecule has 1 heterocycles. The fraction of sp³-hybridized carbons (Fsp3) is 0.120. The van der Waals surface area contributed by atoms with E-state index in [1.54, 1.807) is 19.9 Å². The van der Waals surface area contributed by atoms with Gasteiger partial charge in [0.25, 0.3) is 5.76 Å². The predicted octanol–water partition coefficient (Wildman–Crippen LogP) is 6.58. The Bertz CT molecular complexity index is 1450. The monoisotopic (exact) mass is 472 g/mol. The first kappa shape index (κ1) is 23.0. The van der Waals surface area contributed by atoms with Gasteiger partial charge < -0.3 is 13.9 Å². The Labute approximate surface area is 190 Å². The lowest BCUT2D eigenvalue weighted by molar-refractivity contribution is -0.154. The number of hydrogen-bond acceptors (Lipinski definition) is 5. The van der Waals surface area contributed by atoms with Crippen molar-refractivity contribution in [2.75, 3.05) is 0 Å². The molecule has 0 N–H and O–H groups in total. The van der Waals surface area contributed by atoms with Crippen LogP contribution < -0.4 is 14.9 Å². The molecule has 5 nitrogen and oxygen atoms in total. The molecular weight excluding hydrogens is 456 g/mol. The summed E-state index contributed by atoms with van der Waals surface area (Å²) in [5, 5.41) is -0.210. The van der Waals surface area contributed by atoms with Crippen LogP contribution in [0.25, 0.3) is 11.0 Å². The van der Waals surface area contributed by atoms with Crippen LogP contribution in [-0.2, 0) is 6.18 Å². The largest absolute Gasteiger partial charge is 0.453 e. The summed E-state index contributed by atoms with van der Waals surface area (Å²) in [5.41, 5.74) is -0.142. The molecule has 9 heteroatoms. The van der Waals surface area contributed by atoms with Crippen molar-refractivity contribution < 1.29 is 36.2 Å². The number of aryl methyl sites for hydroxylation is 2. The first-order valence-corrected chi connectivity index (χ1v) is 9.93. The second-order valence-corrected chi connectivity index (χ2v) is 7.57. The van der Waals surface area contributed by atoms with Gasteiger partial charge >= 0.3 is 12.1 Å². The molecule has 0 aliphatic heterocycles. The lowest BCUT2D eigenvalue weighted by Gasteiger charge is -2.14. The van der Waals surface area contributed by atoms with Crippen LogP contribution in [0.1, 0.15) is 27.2 Å². The van der Waals surface area contributed by atoms with Crippen LogP contribution in [0, 0.1) is 19.7 Å². The minimum atomic E-state index is -5.05. The van der Waals surface area contributed by atoms with Gasteiger partial charge in [0.1, 0.15) is 22.9 Å². The fourth-order valence-corrected chi connectivity index (χ4v) is 3.39. The van der Waals surface area contributed by atoms with Crippen LogP contribution in [0.15, 0.2) is 69.9 Å². The minimum Gasteiger partial charge on any atom is -0.449 e. The van der Waals surface area contributed by atoms with Gasteiger partial charge in [-0.15, -0.1) is 0 Å². The number of benzene rings is 3. The lowest BCUT2D eigenvalue weighted by atomic mass is 10.1. The van der Waals surface area contributed by atoms with Gasteiger partial charge in [-0.05, 0) is 67.4 Å². The Kier molecular flexibility index (Phi) is 5.87. The highest BCUT2D eigenvalue weighted by molar-refractivity contribution is 5.91. The summed E-state index contributed by atoms with van der Waals surface area (Å²) in [6, 6.07) is 12.8. The number of alkyl halides is 3. The highest BCUT2D eigenvalue weighted by Crippen LogP contribution is 2.39. The number of ether oxygens (including phenoxy) is 2. The van der Waals surface area contributed by atoms with Crippen LogP contribution in [0.3, 0.4) is 0 Å². The zero-order valence-electron chi connectivity index (χ0n) is 17.8. The maximum atomic E-state index is 13.8. The molecule has 0 bridgehead atoms. The third-order valence-corrected chi connectivity index (χ3v) is 4.77. The number of rotatable bonds is 4.